The Hall–Kier alpha value is -3.18. The molecule has 0 fully saturated rings. The summed E-state index contributed by atoms with van der Waals surface area (Å²) in [6, 6.07) is 3.52. The van der Waals surface area contributed by atoms with Crippen molar-refractivity contribution in [3.8, 4) is 17.7 Å². The maximum atomic E-state index is 11.8. The topological polar surface area (TPSA) is 114 Å². The van der Waals surface area contributed by atoms with Crippen molar-refractivity contribution in [2.24, 2.45) is 5.73 Å². The lowest BCUT2D eigenvalue weighted by Gasteiger charge is -2.19. The summed E-state index contributed by atoms with van der Waals surface area (Å²) in [4.78, 5) is 28.3. The molecule has 1 unspecified atom stereocenters. The van der Waals surface area contributed by atoms with Gasteiger partial charge >= 0.3 is 0 Å². The van der Waals surface area contributed by atoms with Gasteiger partial charge in [-0.1, -0.05) is 11.8 Å². The maximum Gasteiger partial charge on any atom is 0.269 e. The molecule has 0 spiro atoms. The number of fused-ring (bicyclic) bond motifs is 1. The molecule has 1 aliphatic carbocycles. The Balaban J connectivity index is 1.88. The Morgan fingerprint density at radius 3 is 2.93 bits per heavy atom. The molecule has 2 aromatic rings. The summed E-state index contributed by atoms with van der Waals surface area (Å²) in [6.45, 7) is 2.02. The van der Waals surface area contributed by atoms with Gasteiger partial charge in [0, 0.05) is 37.3 Å². The normalized spacial score (nSPS) is 14.9. The third-order valence-electron chi connectivity index (χ3n) is 4.98. The van der Waals surface area contributed by atoms with E-state index in [0.29, 0.717) is 36.5 Å². The Kier molecular flexibility index (Phi) is 5.99. The van der Waals surface area contributed by atoms with E-state index in [9.17, 15) is 14.7 Å². The van der Waals surface area contributed by atoms with Gasteiger partial charge in [-0.2, -0.15) is 5.10 Å². The van der Waals surface area contributed by atoms with Gasteiger partial charge in [0.05, 0.1) is 5.69 Å². The van der Waals surface area contributed by atoms with Crippen LogP contribution in [0.25, 0.3) is 5.82 Å². The quantitative estimate of drug-likeness (QED) is 0.555. The number of carbonyl (C=O) groups excluding carboxylic acids is 2. The second-order valence-electron chi connectivity index (χ2n) is 7.52. The van der Waals surface area contributed by atoms with E-state index in [1.807, 2.05) is 0 Å². The second-order valence-corrected chi connectivity index (χ2v) is 7.52. The van der Waals surface area contributed by atoms with Gasteiger partial charge < -0.3 is 15.7 Å². The summed E-state index contributed by atoms with van der Waals surface area (Å²) in [5, 5.41) is 14.8. The number of hydrogen-bond donors (Lipinski definition) is 2. The summed E-state index contributed by atoms with van der Waals surface area (Å²) >= 11 is 0. The molecule has 1 aliphatic rings. The SMILES string of the molecule is CN(C=O)CCC(C)(O)C#Cc1ccnc(-n2nc(C(N)=O)c3c2CCCC3)c1. The number of carbonyl (C=O) groups is 2. The highest BCUT2D eigenvalue weighted by Crippen LogP contribution is 2.26. The van der Waals surface area contributed by atoms with Gasteiger partial charge in [0.1, 0.15) is 5.60 Å². The summed E-state index contributed by atoms with van der Waals surface area (Å²) in [7, 11) is 1.65. The average Bonchev–Trinajstić information content (AvgIpc) is 3.11. The van der Waals surface area contributed by atoms with Crippen molar-refractivity contribution < 1.29 is 14.7 Å². The lowest BCUT2D eigenvalue weighted by atomic mass is 9.95. The first kappa shape index (κ1) is 20.6. The van der Waals surface area contributed by atoms with Crippen LogP contribution in [-0.4, -0.2) is 56.3 Å². The molecule has 2 aromatic heterocycles. The number of aromatic nitrogens is 3. The number of hydrogen-bond acceptors (Lipinski definition) is 5. The molecular formula is C21H25N5O3. The average molecular weight is 395 g/mol. The first-order valence-electron chi connectivity index (χ1n) is 9.59. The molecule has 0 bridgehead atoms. The van der Waals surface area contributed by atoms with Crippen molar-refractivity contribution in [1.82, 2.24) is 19.7 Å². The molecule has 8 heteroatoms. The van der Waals surface area contributed by atoms with Crippen molar-refractivity contribution in [2.75, 3.05) is 13.6 Å². The zero-order valence-electron chi connectivity index (χ0n) is 16.7. The molecule has 3 N–H and O–H groups in total. The monoisotopic (exact) mass is 395 g/mol. The van der Waals surface area contributed by atoms with Crippen molar-refractivity contribution in [1.29, 1.82) is 0 Å². The fourth-order valence-electron chi connectivity index (χ4n) is 3.31. The van der Waals surface area contributed by atoms with E-state index < -0.39 is 11.5 Å². The first-order chi connectivity index (χ1) is 13.8. The lowest BCUT2D eigenvalue weighted by molar-refractivity contribution is -0.117. The summed E-state index contributed by atoms with van der Waals surface area (Å²) in [5.74, 6) is 5.84. The predicted molar refractivity (Wildman–Crippen MR) is 107 cm³/mol. The zero-order valence-corrected chi connectivity index (χ0v) is 16.7. The molecule has 0 saturated carbocycles. The van der Waals surface area contributed by atoms with Crippen LogP contribution in [0.4, 0.5) is 0 Å². The van der Waals surface area contributed by atoms with Crippen LogP contribution in [0.2, 0.25) is 0 Å². The fraction of sp³-hybridized carbons (Fsp3) is 0.429. The minimum absolute atomic E-state index is 0.306. The molecule has 2 heterocycles. The van der Waals surface area contributed by atoms with Gasteiger partial charge in [-0.05, 0) is 44.7 Å². The number of nitrogens with zero attached hydrogens (tertiary/aromatic N) is 4. The Morgan fingerprint density at radius 1 is 1.45 bits per heavy atom. The second kappa shape index (κ2) is 8.45. The highest BCUT2D eigenvalue weighted by molar-refractivity contribution is 5.92. The van der Waals surface area contributed by atoms with Crippen LogP contribution >= 0.6 is 0 Å². The van der Waals surface area contributed by atoms with Crippen LogP contribution in [0.5, 0.6) is 0 Å². The Morgan fingerprint density at radius 2 is 2.21 bits per heavy atom. The van der Waals surface area contributed by atoms with E-state index in [2.05, 4.69) is 21.9 Å². The third-order valence-corrected chi connectivity index (χ3v) is 4.98. The molecule has 1 atom stereocenters. The van der Waals surface area contributed by atoms with Crippen molar-refractivity contribution in [2.45, 2.75) is 44.6 Å². The zero-order chi connectivity index (χ0) is 21.0. The van der Waals surface area contributed by atoms with Crippen LogP contribution in [0.15, 0.2) is 18.3 Å². The minimum atomic E-state index is -1.23. The minimum Gasteiger partial charge on any atom is -0.378 e. The van der Waals surface area contributed by atoms with Gasteiger partial charge in [0.15, 0.2) is 11.5 Å². The van der Waals surface area contributed by atoms with E-state index >= 15 is 0 Å². The van der Waals surface area contributed by atoms with Crippen LogP contribution in [-0.2, 0) is 17.6 Å². The highest BCUT2D eigenvalue weighted by atomic mass is 16.3. The predicted octanol–water partition coefficient (Wildman–Crippen LogP) is 0.826. The number of nitrogens with two attached hydrogens (primary N) is 1. The Labute approximate surface area is 169 Å². The van der Waals surface area contributed by atoms with E-state index in [0.717, 1.165) is 36.9 Å². The van der Waals surface area contributed by atoms with Gasteiger partial charge in [-0.25, -0.2) is 9.67 Å². The highest BCUT2D eigenvalue weighted by Gasteiger charge is 2.24. The number of pyridine rings is 1. The standard InChI is InChI=1S/C21H25N5O3/c1-21(29,10-12-25(2)14-27)9-7-15-8-11-23-18(13-15)26-17-6-4-3-5-16(17)19(24-26)20(22)28/h8,11,13-14,29H,3-6,10,12H2,1-2H3,(H2,22,28). The Bertz CT molecular complexity index is 984. The van der Waals surface area contributed by atoms with E-state index in [1.165, 1.54) is 4.90 Å². The van der Waals surface area contributed by atoms with Crippen LogP contribution in [0.1, 0.15) is 53.5 Å². The molecule has 152 valence electrons. The molecule has 29 heavy (non-hydrogen) atoms. The molecule has 3 rings (SSSR count). The van der Waals surface area contributed by atoms with E-state index in [-0.39, 0.29) is 0 Å². The smallest absolute Gasteiger partial charge is 0.269 e. The molecule has 2 amide bonds. The van der Waals surface area contributed by atoms with Crippen LogP contribution < -0.4 is 5.73 Å². The molecule has 8 nitrogen and oxygen atoms in total. The van der Waals surface area contributed by atoms with Crippen LogP contribution in [0, 0.1) is 11.8 Å². The van der Waals surface area contributed by atoms with Crippen molar-refractivity contribution in [3.05, 3.63) is 40.8 Å². The van der Waals surface area contributed by atoms with Crippen LogP contribution in [0.3, 0.4) is 0 Å². The lowest BCUT2D eigenvalue weighted by Crippen LogP contribution is -2.29. The first-order valence-corrected chi connectivity index (χ1v) is 9.59. The van der Waals surface area contributed by atoms with Gasteiger partial charge in [0.25, 0.3) is 5.91 Å². The van der Waals surface area contributed by atoms with Crippen molar-refractivity contribution in [3.63, 3.8) is 0 Å². The van der Waals surface area contributed by atoms with Gasteiger partial charge in [-0.15, -0.1) is 0 Å². The fourth-order valence-corrected chi connectivity index (χ4v) is 3.31. The molecule has 0 radical (unpaired) electrons. The molecular weight excluding hydrogens is 370 g/mol. The largest absolute Gasteiger partial charge is 0.378 e. The molecule has 0 aliphatic heterocycles. The van der Waals surface area contributed by atoms with Gasteiger partial charge in [-0.3, -0.25) is 9.59 Å². The number of aliphatic hydroxyl groups is 1. The number of primary amides is 1. The van der Waals surface area contributed by atoms with E-state index in [4.69, 9.17) is 5.73 Å². The number of amides is 2. The third kappa shape index (κ3) is 4.81. The summed E-state index contributed by atoms with van der Waals surface area (Å²) in [6.07, 6.45) is 6.29. The van der Waals surface area contributed by atoms with E-state index in [1.54, 1.807) is 37.0 Å². The molecule has 0 aromatic carbocycles. The summed E-state index contributed by atoms with van der Waals surface area (Å²) < 4.78 is 1.68. The van der Waals surface area contributed by atoms with Gasteiger partial charge in [0.2, 0.25) is 6.41 Å². The van der Waals surface area contributed by atoms with Crippen molar-refractivity contribution >= 4 is 12.3 Å². The summed E-state index contributed by atoms with van der Waals surface area (Å²) in [5.41, 5.74) is 7.12. The maximum absolute atomic E-state index is 11.8. The molecule has 0 saturated heterocycles. The number of rotatable bonds is 6.